The van der Waals surface area contributed by atoms with Gasteiger partial charge in [-0.15, -0.1) is 0 Å². The number of amides is 1. The van der Waals surface area contributed by atoms with Gasteiger partial charge in [0.15, 0.2) is 0 Å². The zero-order valence-corrected chi connectivity index (χ0v) is 10.8. The van der Waals surface area contributed by atoms with Crippen molar-refractivity contribution in [3.8, 4) is 0 Å². The molecule has 94 valence electrons. The van der Waals surface area contributed by atoms with Gasteiger partial charge in [0.1, 0.15) is 5.60 Å². The maximum absolute atomic E-state index is 12.3. The van der Waals surface area contributed by atoms with Gasteiger partial charge >= 0.3 is 0 Å². The third-order valence-electron chi connectivity index (χ3n) is 3.88. The number of methoxy groups -OCH3 is 1. The summed E-state index contributed by atoms with van der Waals surface area (Å²) in [5.41, 5.74) is 5.30. The number of likely N-dealkylation sites (tertiary alicyclic amines) is 1. The van der Waals surface area contributed by atoms with E-state index in [-0.39, 0.29) is 11.9 Å². The van der Waals surface area contributed by atoms with E-state index in [1.165, 1.54) is 0 Å². The highest BCUT2D eigenvalue weighted by molar-refractivity contribution is 5.85. The van der Waals surface area contributed by atoms with E-state index in [1.54, 1.807) is 7.11 Å². The second-order valence-electron chi connectivity index (χ2n) is 4.97. The molecule has 2 N–H and O–H groups in total. The summed E-state index contributed by atoms with van der Waals surface area (Å²) in [5, 5.41) is 0. The Labute approximate surface area is 98.1 Å². The summed E-state index contributed by atoms with van der Waals surface area (Å²) in [6, 6.07) is 0.0932. The van der Waals surface area contributed by atoms with E-state index in [0.717, 1.165) is 13.0 Å². The van der Waals surface area contributed by atoms with Crippen LogP contribution in [0.2, 0.25) is 0 Å². The second-order valence-corrected chi connectivity index (χ2v) is 4.97. The highest BCUT2D eigenvalue weighted by atomic mass is 16.5. The van der Waals surface area contributed by atoms with Crippen LogP contribution in [-0.2, 0) is 9.53 Å². The van der Waals surface area contributed by atoms with Crippen LogP contribution >= 0.6 is 0 Å². The van der Waals surface area contributed by atoms with Crippen LogP contribution in [0.4, 0.5) is 0 Å². The molecule has 4 heteroatoms. The molecule has 1 heterocycles. The Morgan fingerprint density at radius 1 is 1.62 bits per heavy atom. The van der Waals surface area contributed by atoms with Crippen molar-refractivity contribution in [1.29, 1.82) is 0 Å². The number of carbonyl (C=O) groups excluding carboxylic acids is 1. The number of nitrogens with two attached hydrogens (primary N) is 1. The standard InChI is InChI=1S/C12H24N2O2/c1-5-12(3,16-4)11(15)14-7-6-9(2)10(13)8-14/h9-10H,5-8,13H2,1-4H3. The van der Waals surface area contributed by atoms with Crippen LogP contribution in [0.5, 0.6) is 0 Å². The molecular weight excluding hydrogens is 204 g/mol. The number of hydrogen-bond donors (Lipinski definition) is 1. The van der Waals surface area contributed by atoms with Gasteiger partial charge in [-0.05, 0) is 25.7 Å². The van der Waals surface area contributed by atoms with E-state index < -0.39 is 5.60 Å². The van der Waals surface area contributed by atoms with Crippen molar-refractivity contribution in [1.82, 2.24) is 4.90 Å². The maximum atomic E-state index is 12.3. The largest absolute Gasteiger partial charge is 0.369 e. The smallest absolute Gasteiger partial charge is 0.254 e. The van der Waals surface area contributed by atoms with E-state index in [9.17, 15) is 4.79 Å². The number of rotatable bonds is 3. The summed E-state index contributed by atoms with van der Waals surface area (Å²) < 4.78 is 5.33. The van der Waals surface area contributed by atoms with Gasteiger partial charge in [-0.25, -0.2) is 0 Å². The molecule has 0 aliphatic carbocycles. The molecule has 1 saturated heterocycles. The third kappa shape index (κ3) is 2.55. The van der Waals surface area contributed by atoms with Crippen molar-refractivity contribution in [2.45, 2.75) is 45.3 Å². The Bertz CT molecular complexity index is 251. The topological polar surface area (TPSA) is 55.6 Å². The molecule has 1 aliphatic rings. The number of ether oxygens (including phenoxy) is 1. The molecule has 0 aromatic carbocycles. The zero-order valence-electron chi connectivity index (χ0n) is 10.8. The molecule has 1 rings (SSSR count). The monoisotopic (exact) mass is 228 g/mol. The quantitative estimate of drug-likeness (QED) is 0.784. The first kappa shape index (κ1) is 13.5. The summed E-state index contributed by atoms with van der Waals surface area (Å²) in [5.74, 6) is 0.569. The molecule has 1 amide bonds. The van der Waals surface area contributed by atoms with Crippen LogP contribution in [-0.4, -0.2) is 42.6 Å². The fourth-order valence-corrected chi connectivity index (χ4v) is 2.00. The molecule has 3 atom stereocenters. The minimum atomic E-state index is -0.694. The summed E-state index contributed by atoms with van der Waals surface area (Å²) in [7, 11) is 1.59. The molecule has 0 saturated carbocycles. The summed E-state index contributed by atoms with van der Waals surface area (Å²) in [6.07, 6.45) is 1.67. The van der Waals surface area contributed by atoms with Crippen LogP contribution in [0.25, 0.3) is 0 Å². The highest BCUT2D eigenvalue weighted by Gasteiger charge is 2.37. The van der Waals surface area contributed by atoms with Crippen LogP contribution < -0.4 is 5.73 Å². The Balaban J connectivity index is 2.68. The van der Waals surface area contributed by atoms with Crippen molar-refractivity contribution >= 4 is 5.91 Å². The van der Waals surface area contributed by atoms with E-state index >= 15 is 0 Å². The molecule has 0 spiro atoms. The lowest BCUT2D eigenvalue weighted by molar-refractivity contribution is -0.155. The predicted molar refractivity (Wildman–Crippen MR) is 64.0 cm³/mol. The molecule has 0 radical (unpaired) electrons. The van der Waals surface area contributed by atoms with E-state index in [1.807, 2.05) is 18.7 Å². The van der Waals surface area contributed by atoms with E-state index in [2.05, 4.69) is 6.92 Å². The molecule has 0 bridgehead atoms. The summed E-state index contributed by atoms with van der Waals surface area (Å²) in [6.45, 7) is 7.40. The predicted octanol–water partition coefficient (Wildman–Crippen LogP) is 0.997. The number of carbonyl (C=O) groups is 1. The van der Waals surface area contributed by atoms with Crippen LogP contribution in [0, 0.1) is 5.92 Å². The average Bonchev–Trinajstić information content (AvgIpc) is 2.30. The van der Waals surface area contributed by atoms with Crippen LogP contribution in [0.15, 0.2) is 0 Å². The number of hydrogen-bond acceptors (Lipinski definition) is 3. The molecule has 3 unspecified atom stereocenters. The van der Waals surface area contributed by atoms with Gasteiger partial charge in [0.05, 0.1) is 0 Å². The third-order valence-corrected chi connectivity index (χ3v) is 3.88. The lowest BCUT2D eigenvalue weighted by Crippen LogP contribution is -2.55. The molecule has 0 aromatic heterocycles. The Hall–Kier alpha value is -0.610. The molecule has 1 aliphatic heterocycles. The van der Waals surface area contributed by atoms with E-state index in [4.69, 9.17) is 10.5 Å². The van der Waals surface area contributed by atoms with Crippen molar-refractivity contribution in [3.05, 3.63) is 0 Å². The minimum Gasteiger partial charge on any atom is -0.369 e. The number of nitrogens with zero attached hydrogens (tertiary/aromatic N) is 1. The molecular formula is C12H24N2O2. The van der Waals surface area contributed by atoms with Crippen molar-refractivity contribution in [3.63, 3.8) is 0 Å². The Kier molecular flexibility index (Phi) is 4.33. The molecule has 1 fully saturated rings. The van der Waals surface area contributed by atoms with Crippen molar-refractivity contribution < 1.29 is 9.53 Å². The normalized spacial score (nSPS) is 29.9. The Morgan fingerprint density at radius 2 is 2.25 bits per heavy atom. The highest BCUT2D eigenvalue weighted by Crippen LogP contribution is 2.22. The van der Waals surface area contributed by atoms with Crippen LogP contribution in [0.1, 0.15) is 33.6 Å². The molecule has 4 nitrogen and oxygen atoms in total. The first-order chi connectivity index (χ1) is 7.44. The lowest BCUT2D eigenvalue weighted by atomic mass is 9.92. The maximum Gasteiger partial charge on any atom is 0.254 e. The first-order valence-corrected chi connectivity index (χ1v) is 6.04. The van der Waals surface area contributed by atoms with Crippen LogP contribution in [0.3, 0.4) is 0 Å². The zero-order chi connectivity index (χ0) is 12.3. The van der Waals surface area contributed by atoms with Gasteiger partial charge < -0.3 is 15.4 Å². The average molecular weight is 228 g/mol. The minimum absolute atomic E-state index is 0.0693. The van der Waals surface area contributed by atoms with Gasteiger partial charge in [0, 0.05) is 26.2 Å². The molecule has 0 aromatic rings. The van der Waals surface area contributed by atoms with Gasteiger partial charge in [0.25, 0.3) is 5.91 Å². The van der Waals surface area contributed by atoms with Gasteiger partial charge in [0.2, 0.25) is 0 Å². The number of piperidine rings is 1. The fraction of sp³-hybridized carbons (Fsp3) is 0.917. The Morgan fingerprint density at radius 3 is 2.69 bits per heavy atom. The van der Waals surface area contributed by atoms with Gasteiger partial charge in [-0.3, -0.25) is 4.79 Å². The fourth-order valence-electron chi connectivity index (χ4n) is 2.00. The van der Waals surface area contributed by atoms with Gasteiger partial charge in [-0.1, -0.05) is 13.8 Å². The van der Waals surface area contributed by atoms with Crippen molar-refractivity contribution in [2.75, 3.05) is 20.2 Å². The second kappa shape index (κ2) is 5.15. The SMILES string of the molecule is CCC(C)(OC)C(=O)N1CCC(C)C(N)C1. The van der Waals surface area contributed by atoms with E-state index in [0.29, 0.717) is 18.9 Å². The van der Waals surface area contributed by atoms with Crippen molar-refractivity contribution in [2.24, 2.45) is 11.7 Å². The summed E-state index contributed by atoms with van der Waals surface area (Å²) >= 11 is 0. The first-order valence-electron chi connectivity index (χ1n) is 6.04. The van der Waals surface area contributed by atoms with Gasteiger partial charge in [-0.2, -0.15) is 0 Å². The summed E-state index contributed by atoms with van der Waals surface area (Å²) in [4.78, 5) is 14.1. The molecule has 16 heavy (non-hydrogen) atoms. The lowest BCUT2D eigenvalue weighted by Gasteiger charge is -2.39.